The molecule has 13 heavy (non-hydrogen) atoms. The molecular weight excluding hydrogens is 190 g/mol. The third kappa shape index (κ3) is 1.99. The fraction of sp³-hybridized carbons (Fsp3) is 0.222. The lowest BCUT2D eigenvalue weighted by Gasteiger charge is -2.10. The molecule has 1 aromatic rings. The summed E-state index contributed by atoms with van der Waals surface area (Å²) in [6.45, 7) is 1.75. The van der Waals surface area contributed by atoms with E-state index in [0.717, 1.165) is 5.56 Å². The average molecular weight is 200 g/mol. The van der Waals surface area contributed by atoms with Crippen LogP contribution < -0.4 is 5.73 Å². The number of nitrogens with two attached hydrogens (primary N) is 1. The molecule has 0 aliphatic carbocycles. The third-order valence-electron chi connectivity index (χ3n) is 1.91. The van der Waals surface area contributed by atoms with Gasteiger partial charge in [0.05, 0.1) is 0 Å². The first-order valence-corrected chi connectivity index (χ1v) is 4.15. The molecule has 1 aromatic carbocycles. The topological polar surface area (TPSA) is 63.3 Å². The Hall–Kier alpha value is -1.06. The van der Waals surface area contributed by atoms with Gasteiger partial charge in [-0.05, 0) is 24.1 Å². The van der Waals surface area contributed by atoms with E-state index in [4.69, 9.17) is 22.4 Å². The van der Waals surface area contributed by atoms with Gasteiger partial charge in [0.1, 0.15) is 6.04 Å². The highest BCUT2D eigenvalue weighted by molar-refractivity contribution is 6.31. The summed E-state index contributed by atoms with van der Waals surface area (Å²) in [5.74, 6) is -1.05. The molecule has 70 valence electrons. The second kappa shape index (κ2) is 3.77. The largest absolute Gasteiger partial charge is 0.480 e. The van der Waals surface area contributed by atoms with Gasteiger partial charge in [-0.25, -0.2) is 0 Å². The molecule has 0 saturated heterocycles. The molecule has 0 saturated carbocycles. The quantitative estimate of drug-likeness (QED) is 0.763. The van der Waals surface area contributed by atoms with Crippen LogP contribution >= 0.6 is 11.6 Å². The molecule has 0 bridgehead atoms. The first kappa shape index (κ1) is 10.0. The molecule has 0 aliphatic rings. The van der Waals surface area contributed by atoms with Crippen molar-refractivity contribution in [3.63, 3.8) is 0 Å². The molecule has 0 amide bonds. The first-order valence-electron chi connectivity index (χ1n) is 3.77. The van der Waals surface area contributed by atoms with Crippen molar-refractivity contribution in [2.45, 2.75) is 13.0 Å². The van der Waals surface area contributed by atoms with Crippen molar-refractivity contribution in [1.29, 1.82) is 0 Å². The number of hydrogen-bond acceptors (Lipinski definition) is 2. The van der Waals surface area contributed by atoms with E-state index in [1.54, 1.807) is 25.1 Å². The maximum Gasteiger partial charge on any atom is 0.325 e. The lowest BCUT2D eigenvalue weighted by molar-refractivity contribution is -0.138. The summed E-state index contributed by atoms with van der Waals surface area (Å²) < 4.78 is 0. The van der Waals surface area contributed by atoms with Crippen molar-refractivity contribution in [2.75, 3.05) is 0 Å². The second-order valence-corrected chi connectivity index (χ2v) is 3.18. The van der Waals surface area contributed by atoms with E-state index in [0.29, 0.717) is 10.6 Å². The minimum absolute atomic E-state index is 0.536. The van der Waals surface area contributed by atoms with Crippen LogP contribution in [0, 0.1) is 6.92 Å². The van der Waals surface area contributed by atoms with Crippen LogP contribution in [0.2, 0.25) is 5.02 Å². The van der Waals surface area contributed by atoms with Crippen LogP contribution in [0.4, 0.5) is 0 Å². The first-order chi connectivity index (χ1) is 6.04. The SMILES string of the molecule is Cc1c(Cl)cccc1C(N)C(=O)O. The predicted molar refractivity (Wildman–Crippen MR) is 50.8 cm³/mol. The van der Waals surface area contributed by atoms with Gasteiger partial charge < -0.3 is 10.8 Å². The minimum atomic E-state index is -1.05. The Morgan fingerprint density at radius 1 is 1.62 bits per heavy atom. The van der Waals surface area contributed by atoms with Crippen LogP contribution in [0.15, 0.2) is 18.2 Å². The van der Waals surface area contributed by atoms with Gasteiger partial charge in [-0.2, -0.15) is 0 Å². The van der Waals surface area contributed by atoms with Gasteiger partial charge >= 0.3 is 5.97 Å². The molecule has 0 aliphatic heterocycles. The van der Waals surface area contributed by atoms with Crippen LogP contribution in [0.3, 0.4) is 0 Å². The van der Waals surface area contributed by atoms with E-state index in [9.17, 15) is 4.79 Å². The number of carboxylic acid groups (broad SMARTS) is 1. The zero-order valence-corrected chi connectivity index (χ0v) is 7.88. The molecule has 1 rings (SSSR count). The Kier molecular flexibility index (Phi) is 2.90. The van der Waals surface area contributed by atoms with E-state index in [2.05, 4.69) is 0 Å². The standard InChI is InChI=1S/C9H10ClNO2/c1-5-6(8(11)9(12)13)3-2-4-7(5)10/h2-4,8H,11H2,1H3,(H,12,13). The fourth-order valence-electron chi connectivity index (χ4n) is 1.09. The van der Waals surface area contributed by atoms with Gasteiger partial charge in [-0.1, -0.05) is 23.7 Å². The van der Waals surface area contributed by atoms with Crippen LogP contribution in [-0.2, 0) is 4.79 Å². The second-order valence-electron chi connectivity index (χ2n) is 2.77. The minimum Gasteiger partial charge on any atom is -0.480 e. The molecule has 0 aromatic heterocycles. The van der Waals surface area contributed by atoms with E-state index in [-0.39, 0.29) is 0 Å². The van der Waals surface area contributed by atoms with Gasteiger partial charge in [-0.15, -0.1) is 0 Å². The number of carbonyl (C=O) groups is 1. The number of halogens is 1. The Morgan fingerprint density at radius 3 is 2.77 bits per heavy atom. The molecule has 0 radical (unpaired) electrons. The number of rotatable bonds is 2. The molecule has 1 unspecified atom stereocenters. The number of carboxylic acids is 1. The van der Waals surface area contributed by atoms with E-state index in [1.165, 1.54) is 0 Å². The zero-order chi connectivity index (χ0) is 10.0. The van der Waals surface area contributed by atoms with Crippen molar-refractivity contribution < 1.29 is 9.90 Å². The van der Waals surface area contributed by atoms with Crippen LogP contribution in [0.5, 0.6) is 0 Å². The normalized spacial score (nSPS) is 12.5. The van der Waals surface area contributed by atoms with Gasteiger partial charge in [-0.3, -0.25) is 4.79 Å². The van der Waals surface area contributed by atoms with Crippen LogP contribution in [-0.4, -0.2) is 11.1 Å². The third-order valence-corrected chi connectivity index (χ3v) is 2.32. The summed E-state index contributed by atoms with van der Waals surface area (Å²) in [5, 5.41) is 9.22. The molecule has 4 heteroatoms. The van der Waals surface area contributed by atoms with Crippen molar-refractivity contribution in [3.8, 4) is 0 Å². The summed E-state index contributed by atoms with van der Waals surface area (Å²) in [5.41, 5.74) is 6.73. The highest BCUT2D eigenvalue weighted by Gasteiger charge is 2.16. The van der Waals surface area contributed by atoms with Crippen molar-refractivity contribution in [1.82, 2.24) is 0 Å². The number of benzene rings is 1. The maximum absolute atomic E-state index is 10.6. The Morgan fingerprint density at radius 2 is 2.23 bits per heavy atom. The summed E-state index contributed by atoms with van der Waals surface area (Å²) in [6, 6.07) is 4.06. The molecule has 1 atom stereocenters. The smallest absolute Gasteiger partial charge is 0.325 e. The van der Waals surface area contributed by atoms with Gasteiger partial charge in [0.25, 0.3) is 0 Å². The van der Waals surface area contributed by atoms with E-state index in [1.807, 2.05) is 0 Å². The summed E-state index contributed by atoms with van der Waals surface area (Å²) in [7, 11) is 0. The molecule has 0 fully saturated rings. The molecule has 0 spiro atoms. The fourth-order valence-corrected chi connectivity index (χ4v) is 1.28. The molecule has 3 N–H and O–H groups in total. The maximum atomic E-state index is 10.6. The molecular formula is C9H10ClNO2. The lowest BCUT2D eigenvalue weighted by atomic mass is 10.0. The van der Waals surface area contributed by atoms with Gasteiger partial charge in [0, 0.05) is 5.02 Å². The van der Waals surface area contributed by atoms with Gasteiger partial charge in [0.2, 0.25) is 0 Å². The van der Waals surface area contributed by atoms with Crippen molar-refractivity contribution >= 4 is 17.6 Å². The van der Waals surface area contributed by atoms with Gasteiger partial charge in [0.15, 0.2) is 0 Å². The highest BCUT2D eigenvalue weighted by atomic mass is 35.5. The zero-order valence-electron chi connectivity index (χ0n) is 7.12. The predicted octanol–water partition coefficient (Wildman–Crippen LogP) is 1.73. The number of hydrogen-bond donors (Lipinski definition) is 2. The summed E-state index contributed by atoms with van der Waals surface area (Å²) in [4.78, 5) is 10.6. The Balaban J connectivity index is 3.15. The van der Waals surface area contributed by atoms with Crippen molar-refractivity contribution in [2.24, 2.45) is 5.73 Å². The molecule has 0 heterocycles. The molecule has 3 nitrogen and oxygen atoms in total. The number of aliphatic carboxylic acids is 1. The van der Waals surface area contributed by atoms with Crippen molar-refractivity contribution in [3.05, 3.63) is 34.3 Å². The summed E-state index contributed by atoms with van der Waals surface area (Å²) in [6.07, 6.45) is 0. The van der Waals surface area contributed by atoms with Crippen LogP contribution in [0.25, 0.3) is 0 Å². The highest BCUT2D eigenvalue weighted by Crippen LogP contribution is 2.22. The lowest BCUT2D eigenvalue weighted by Crippen LogP contribution is -2.21. The van der Waals surface area contributed by atoms with Crippen LogP contribution in [0.1, 0.15) is 17.2 Å². The Bertz CT molecular complexity index is 338. The van der Waals surface area contributed by atoms with E-state index >= 15 is 0 Å². The Labute approximate surface area is 81.1 Å². The van der Waals surface area contributed by atoms with E-state index < -0.39 is 12.0 Å². The monoisotopic (exact) mass is 199 g/mol. The summed E-state index contributed by atoms with van der Waals surface area (Å²) >= 11 is 5.81. The average Bonchev–Trinajstić information content (AvgIpc) is 2.08.